The van der Waals surface area contributed by atoms with Gasteiger partial charge in [0.15, 0.2) is 5.96 Å². The van der Waals surface area contributed by atoms with Crippen LogP contribution in [0.5, 0.6) is 0 Å². The SMILES string of the molecule is CCCCNC(=O)c1ccc(CN=C(N)Nc2cccc(C)c2)cc1.I. The number of carbonyl (C=O) groups is 1. The normalized spacial score (nSPS) is 10.8. The van der Waals surface area contributed by atoms with E-state index in [0.29, 0.717) is 24.6 Å². The monoisotopic (exact) mass is 466 g/mol. The topological polar surface area (TPSA) is 79.5 Å². The number of carbonyl (C=O) groups excluding carboxylic acids is 1. The molecule has 1 amide bonds. The van der Waals surface area contributed by atoms with Crippen LogP contribution < -0.4 is 16.4 Å². The number of aryl methyl sites for hydroxylation is 1. The fourth-order valence-electron chi connectivity index (χ4n) is 2.33. The second-order valence-corrected chi connectivity index (χ2v) is 6.00. The maximum absolute atomic E-state index is 12.0. The van der Waals surface area contributed by atoms with E-state index in [4.69, 9.17) is 5.73 Å². The molecule has 2 rings (SSSR count). The van der Waals surface area contributed by atoms with Gasteiger partial charge in [-0.3, -0.25) is 4.79 Å². The zero-order valence-electron chi connectivity index (χ0n) is 15.3. The second-order valence-electron chi connectivity index (χ2n) is 6.00. The molecule has 0 atom stereocenters. The van der Waals surface area contributed by atoms with E-state index in [1.807, 2.05) is 55.5 Å². The summed E-state index contributed by atoms with van der Waals surface area (Å²) in [5.74, 6) is 0.330. The number of benzene rings is 2. The Morgan fingerprint density at radius 3 is 2.54 bits per heavy atom. The molecule has 0 unspecified atom stereocenters. The molecule has 6 heteroatoms. The first-order valence-corrected chi connectivity index (χ1v) is 8.59. The van der Waals surface area contributed by atoms with Crippen molar-refractivity contribution in [2.24, 2.45) is 10.7 Å². The van der Waals surface area contributed by atoms with Crippen molar-refractivity contribution in [1.82, 2.24) is 5.32 Å². The van der Waals surface area contributed by atoms with Gasteiger partial charge in [-0.1, -0.05) is 37.6 Å². The number of anilines is 1. The summed E-state index contributed by atoms with van der Waals surface area (Å²) in [7, 11) is 0. The minimum Gasteiger partial charge on any atom is -0.370 e. The molecule has 0 aliphatic rings. The number of halogens is 1. The van der Waals surface area contributed by atoms with Crippen molar-refractivity contribution in [3.63, 3.8) is 0 Å². The number of rotatable bonds is 7. The molecule has 0 aliphatic carbocycles. The van der Waals surface area contributed by atoms with Crippen LogP contribution >= 0.6 is 24.0 Å². The lowest BCUT2D eigenvalue weighted by Gasteiger charge is -2.07. The van der Waals surface area contributed by atoms with E-state index >= 15 is 0 Å². The maximum atomic E-state index is 12.0. The van der Waals surface area contributed by atoms with Gasteiger partial charge in [0.1, 0.15) is 0 Å². The first kappa shape index (κ1) is 22.0. The number of nitrogens with one attached hydrogen (secondary N) is 2. The van der Waals surface area contributed by atoms with E-state index in [-0.39, 0.29) is 29.9 Å². The van der Waals surface area contributed by atoms with Gasteiger partial charge in [0.25, 0.3) is 5.91 Å². The highest BCUT2D eigenvalue weighted by Gasteiger charge is 2.04. The third-order valence-corrected chi connectivity index (χ3v) is 3.75. The van der Waals surface area contributed by atoms with E-state index in [0.717, 1.165) is 29.7 Å². The fraction of sp³-hybridized carbons (Fsp3) is 0.300. The van der Waals surface area contributed by atoms with Crippen molar-refractivity contribution in [3.8, 4) is 0 Å². The van der Waals surface area contributed by atoms with E-state index < -0.39 is 0 Å². The summed E-state index contributed by atoms with van der Waals surface area (Å²) in [6.45, 7) is 5.30. The molecule has 0 spiro atoms. The van der Waals surface area contributed by atoms with Crippen molar-refractivity contribution in [2.75, 3.05) is 11.9 Å². The van der Waals surface area contributed by atoms with Crippen LogP contribution in [0.4, 0.5) is 5.69 Å². The van der Waals surface area contributed by atoms with Crippen molar-refractivity contribution >= 4 is 41.5 Å². The van der Waals surface area contributed by atoms with Crippen LogP contribution in [0.3, 0.4) is 0 Å². The van der Waals surface area contributed by atoms with Crippen molar-refractivity contribution < 1.29 is 4.79 Å². The second kappa shape index (κ2) is 11.5. The molecule has 0 heterocycles. The van der Waals surface area contributed by atoms with Crippen LogP contribution in [0.2, 0.25) is 0 Å². The summed E-state index contributed by atoms with van der Waals surface area (Å²) in [6.07, 6.45) is 2.06. The lowest BCUT2D eigenvalue weighted by molar-refractivity contribution is 0.0953. The molecular formula is C20H27IN4O. The molecule has 0 aromatic heterocycles. The standard InChI is InChI=1S/C20H26N4O.HI/c1-3-4-12-22-19(25)17-10-8-16(9-11-17)14-23-20(21)24-18-7-5-6-15(2)13-18;/h5-11,13H,3-4,12,14H2,1-2H3,(H,22,25)(H3,21,23,24);1H. The molecule has 2 aromatic carbocycles. The Kier molecular flexibility index (Phi) is 9.72. The zero-order valence-corrected chi connectivity index (χ0v) is 17.6. The Bertz CT molecular complexity index is 729. The summed E-state index contributed by atoms with van der Waals surface area (Å²) in [5.41, 5.74) is 9.66. The quantitative estimate of drug-likeness (QED) is 0.249. The molecule has 0 fully saturated rings. The molecule has 2 aromatic rings. The highest BCUT2D eigenvalue weighted by molar-refractivity contribution is 14.0. The Labute approximate surface area is 172 Å². The molecule has 0 bridgehead atoms. The summed E-state index contributed by atoms with van der Waals surface area (Å²) < 4.78 is 0. The Morgan fingerprint density at radius 1 is 1.15 bits per heavy atom. The lowest BCUT2D eigenvalue weighted by atomic mass is 10.1. The minimum absolute atomic E-state index is 0. The van der Waals surface area contributed by atoms with Crippen LogP contribution in [-0.4, -0.2) is 18.4 Å². The van der Waals surface area contributed by atoms with Gasteiger partial charge in [-0.2, -0.15) is 0 Å². The number of aliphatic imine (C=N–C) groups is 1. The molecule has 0 aliphatic heterocycles. The fourth-order valence-corrected chi connectivity index (χ4v) is 2.33. The molecule has 140 valence electrons. The summed E-state index contributed by atoms with van der Waals surface area (Å²) >= 11 is 0. The summed E-state index contributed by atoms with van der Waals surface area (Å²) in [6, 6.07) is 15.4. The highest BCUT2D eigenvalue weighted by atomic mass is 127. The van der Waals surface area contributed by atoms with Gasteiger partial charge in [0.2, 0.25) is 0 Å². The summed E-state index contributed by atoms with van der Waals surface area (Å²) in [5, 5.41) is 5.98. The third-order valence-electron chi connectivity index (χ3n) is 3.75. The Hall–Kier alpha value is -2.09. The average Bonchev–Trinajstić information content (AvgIpc) is 2.60. The predicted octanol–water partition coefficient (Wildman–Crippen LogP) is 4.07. The van der Waals surface area contributed by atoms with E-state index in [1.54, 1.807) is 0 Å². The minimum atomic E-state index is -0.0378. The van der Waals surface area contributed by atoms with Gasteiger partial charge in [-0.25, -0.2) is 4.99 Å². The van der Waals surface area contributed by atoms with Crippen LogP contribution in [0, 0.1) is 6.92 Å². The van der Waals surface area contributed by atoms with Crippen LogP contribution in [0.25, 0.3) is 0 Å². The molecule has 0 saturated heterocycles. The number of guanidine groups is 1. The van der Waals surface area contributed by atoms with Crippen molar-refractivity contribution in [2.45, 2.75) is 33.2 Å². The van der Waals surface area contributed by atoms with Crippen LogP contribution in [0.1, 0.15) is 41.3 Å². The highest BCUT2D eigenvalue weighted by Crippen LogP contribution is 2.10. The van der Waals surface area contributed by atoms with Gasteiger partial charge in [-0.05, 0) is 48.7 Å². The average molecular weight is 466 g/mol. The number of unbranched alkanes of at least 4 members (excludes halogenated alkanes) is 1. The first-order chi connectivity index (χ1) is 12.1. The van der Waals surface area contributed by atoms with Gasteiger partial charge in [0, 0.05) is 17.8 Å². The van der Waals surface area contributed by atoms with Crippen LogP contribution in [0.15, 0.2) is 53.5 Å². The van der Waals surface area contributed by atoms with Crippen molar-refractivity contribution in [3.05, 3.63) is 65.2 Å². The molecule has 0 saturated carbocycles. The van der Waals surface area contributed by atoms with E-state index in [1.165, 1.54) is 0 Å². The molecule has 0 radical (unpaired) electrons. The first-order valence-electron chi connectivity index (χ1n) is 8.59. The van der Waals surface area contributed by atoms with Gasteiger partial charge >= 0.3 is 0 Å². The third kappa shape index (κ3) is 7.43. The summed E-state index contributed by atoms with van der Waals surface area (Å²) in [4.78, 5) is 16.3. The van der Waals surface area contributed by atoms with E-state index in [9.17, 15) is 4.79 Å². The molecular weight excluding hydrogens is 439 g/mol. The Balaban J connectivity index is 0.00000338. The zero-order chi connectivity index (χ0) is 18.1. The number of hydrogen-bond acceptors (Lipinski definition) is 2. The number of amides is 1. The maximum Gasteiger partial charge on any atom is 0.251 e. The van der Waals surface area contributed by atoms with Gasteiger partial charge in [0.05, 0.1) is 6.54 Å². The number of nitrogens with two attached hydrogens (primary N) is 1. The molecule has 4 N–H and O–H groups in total. The van der Waals surface area contributed by atoms with Crippen LogP contribution in [-0.2, 0) is 6.54 Å². The number of hydrogen-bond donors (Lipinski definition) is 3. The molecule has 5 nitrogen and oxygen atoms in total. The smallest absolute Gasteiger partial charge is 0.251 e. The lowest BCUT2D eigenvalue weighted by Crippen LogP contribution is -2.24. The van der Waals surface area contributed by atoms with Crippen molar-refractivity contribution in [1.29, 1.82) is 0 Å². The largest absolute Gasteiger partial charge is 0.370 e. The Morgan fingerprint density at radius 2 is 1.88 bits per heavy atom. The van der Waals surface area contributed by atoms with Gasteiger partial charge < -0.3 is 16.4 Å². The number of nitrogens with zero attached hydrogens (tertiary/aromatic N) is 1. The van der Waals surface area contributed by atoms with Gasteiger partial charge in [-0.15, -0.1) is 24.0 Å². The predicted molar refractivity (Wildman–Crippen MR) is 119 cm³/mol. The van der Waals surface area contributed by atoms with E-state index in [2.05, 4.69) is 22.5 Å². The molecule has 26 heavy (non-hydrogen) atoms.